The Morgan fingerprint density at radius 1 is 1.42 bits per heavy atom. The van der Waals surface area contributed by atoms with Gasteiger partial charge in [-0.1, -0.05) is 0 Å². The molecule has 3 heterocycles. The van der Waals surface area contributed by atoms with Crippen molar-refractivity contribution in [3.05, 3.63) is 18.6 Å². The van der Waals surface area contributed by atoms with Gasteiger partial charge in [0.25, 0.3) is 0 Å². The van der Waals surface area contributed by atoms with Crippen molar-refractivity contribution in [2.75, 3.05) is 37.0 Å². The molecule has 0 spiro atoms. The molecule has 0 aliphatic carbocycles. The monoisotopic (exact) mass is 261 g/mol. The molecule has 1 aliphatic heterocycles. The van der Waals surface area contributed by atoms with Crippen molar-refractivity contribution in [1.29, 1.82) is 0 Å². The minimum atomic E-state index is -0.0793. The topological polar surface area (TPSA) is 54.7 Å². The Morgan fingerprint density at radius 2 is 2.26 bits per heavy atom. The Kier molecular flexibility index (Phi) is 2.82. The number of rotatable bonds is 2. The van der Waals surface area contributed by atoms with Crippen LogP contribution in [0, 0.1) is 0 Å². The summed E-state index contributed by atoms with van der Waals surface area (Å²) < 4.78 is 7.57. The van der Waals surface area contributed by atoms with Gasteiger partial charge >= 0.3 is 0 Å². The van der Waals surface area contributed by atoms with Gasteiger partial charge in [-0.05, 0) is 13.8 Å². The molecule has 0 bridgehead atoms. The Morgan fingerprint density at radius 3 is 3.00 bits per heavy atom. The van der Waals surface area contributed by atoms with Crippen LogP contribution in [-0.2, 0) is 4.74 Å². The Labute approximate surface area is 112 Å². The van der Waals surface area contributed by atoms with E-state index >= 15 is 0 Å². The van der Waals surface area contributed by atoms with Crippen molar-refractivity contribution < 1.29 is 4.74 Å². The van der Waals surface area contributed by atoms with Gasteiger partial charge in [0.2, 0.25) is 0 Å². The maximum Gasteiger partial charge on any atom is 0.180 e. The minimum Gasteiger partial charge on any atom is -0.377 e. The molecule has 6 heteroatoms. The van der Waals surface area contributed by atoms with Crippen LogP contribution in [0.1, 0.15) is 13.8 Å². The summed E-state index contributed by atoms with van der Waals surface area (Å²) in [5, 5.41) is 3.10. The van der Waals surface area contributed by atoms with Crippen molar-refractivity contribution in [3.8, 4) is 0 Å². The number of fused-ring (bicyclic) bond motifs is 1. The van der Waals surface area contributed by atoms with Crippen LogP contribution in [0.5, 0.6) is 0 Å². The van der Waals surface area contributed by atoms with Crippen molar-refractivity contribution in [2.45, 2.75) is 19.4 Å². The molecule has 6 nitrogen and oxygen atoms in total. The standard InChI is InChI=1S/C13H19N5O/c1-13(2)9-19-7-6-18(13)12-11-15-4-5-17(11)8-10(14-3)16-12/h4-5,8,14H,6-7,9H2,1-3H3. The molecule has 0 aromatic carbocycles. The smallest absolute Gasteiger partial charge is 0.180 e. The molecule has 1 fully saturated rings. The van der Waals surface area contributed by atoms with Crippen molar-refractivity contribution in [3.63, 3.8) is 0 Å². The van der Waals surface area contributed by atoms with Crippen molar-refractivity contribution >= 4 is 17.3 Å². The van der Waals surface area contributed by atoms with Crippen molar-refractivity contribution in [1.82, 2.24) is 14.4 Å². The van der Waals surface area contributed by atoms with Crippen LogP contribution >= 0.6 is 0 Å². The van der Waals surface area contributed by atoms with E-state index in [9.17, 15) is 0 Å². The SMILES string of the molecule is CNc1cn2ccnc2c(N2CCOCC2(C)C)n1. The van der Waals surface area contributed by atoms with Gasteiger partial charge in [-0.2, -0.15) is 0 Å². The van der Waals surface area contributed by atoms with E-state index in [0.717, 1.165) is 30.4 Å². The zero-order valence-corrected chi connectivity index (χ0v) is 11.6. The van der Waals surface area contributed by atoms with Crippen LogP contribution in [0.15, 0.2) is 18.6 Å². The van der Waals surface area contributed by atoms with E-state index < -0.39 is 0 Å². The number of nitrogens with one attached hydrogen (secondary N) is 1. The quantitative estimate of drug-likeness (QED) is 0.885. The molecule has 0 radical (unpaired) electrons. The molecular weight excluding hydrogens is 242 g/mol. The fourth-order valence-electron chi connectivity index (χ4n) is 2.47. The van der Waals surface area contributed by atoms with E-state index in [1.807, 2.05) is 23.8 Å². The van der Waals surface area contributed by atoms with E-state index in [4.69, 9.17) is 4.74 Å². The van der Waals surface area contributed by atoms with Gasteiger partial charge in [0.15, 0.2) is 11.5 Å². The molecule has 1 saturated heterocycles. The third-order valence-corrected chi connectivity index (χ3v) is 3.51. The number of anilines is 2. The van der Waals surface area contributed by atoms with Crippen molar-refractivity contribution in [2.24, 2.45) is 0 Å². The van der Waals surface area contributed by atoms with E-state index in [1.54, 1.807) is 6.20 Å². The summed E-state index contributed by atoms with van der Waals surface area (Å²) in [6.45, 7) is 6.58. The lowest BCUT2D eigenvalue weighted by Crippen LogP contribution is -2.53. The highest BCUT2D eigenvalue weighted by molar-refractivity contribution is 5.68. The number of imidazole rings is 1. The molecule has 19 heavy (non-hydrogen) atoms. The van der Waals surface area contributed by atoms with Crippen LogP contribution in [0.25, 0.3) is 5.65 Å². The summed E-state index contributed by atoms with van der Waals surface area (Å²) >= 11 is 0. The highest BCUT2D eigenvalue weighted by Crippen LogP contribution is 2.29. The first-order valence-corrected chi connectivity index (χ1v) is 6.49. The summed E-state index contributed by atoms with van der Waals surface area (Å²) in [5.74, 6) is 1.74. The van der Waals surface area contributed by atoms with Crippen LogP contribution in [0.2, 0.25) is 0 Å². The van der Waals surface area contributed by atoms with E-state index in [0.29, 0.717) is 6.61 Å². The normalized spacial score (nSPS) is 18.8. The molecule has 0 amide bonds. The Hall–Kier alpha value is -1.82. The fourth-order valence-corrected chi connectivity index (χ4v) is 2.47. The third kappa shape index (κ3) is 2.02. The number of nitrogens with zero attached hydrogens (tertiary/aromatic N) is 4. The molecule has 1 aliphatic rings. The summed E-state index contributed by atoms with van der Waals surface area (Å²) in [6, 6.07) is 0. The number of hydrogen-bond acceptors (Lipinski definition) is 5. The maximum atomic E-state index is 5.57. The predicted molar refractivity (Wildman–Crippen MR) is 74.8 cm³/mol. The van der Waals surface area contributed by atoms with Gasteiger partial charge in [0.05, 0.1) is 24.9 Å². The number of morpholine rings is 1. The van der Waals surface area contributed by atoms with E-state index in [1.165, 1.54) is 0 Å². The van der Waals surface area contributed by atoms with Gasteiger partial charge in [0.1, 0.15) is 5.82 Å². The Bertz CT molecular complexity index is 592. The first-order valence-electron chi connectivity index (χ1n) is 6.49. The van der Waals surface area contributed by atoms with E-state index in [-0.39, 0.29) is 5.54 Å². The highest BCUT2D eigenvalue weighted by Gasteiger charge is 2.33. The fraction of sp³-hybridized carbons (Fsp3) is 0.538. The maximum absolute atomic E-state index is 5.57. The molecule has 0 unspecified atom stereocenters. The summed E-state index contributed by atoms with van der Waals surface area (Å²) in [4.78, 5) is 11.4. The molecule has 2 aromatic rings. The molecule has 0 atom stereocenters. The van der Waals surface area contributed by atoms with Gasteiger partial charge < -0.3 is 19.4 Å². The molecule has 102 valence electrons. The largest absolute Gasteiger partial charge is 0.377 e. The second-order valence-corrected chi connectivity index (χ2v) is 5.37. The lowest BCUT2D eigenvalue weighted by atomic mass is 10.0. The zero-order chi connectivity index (χ0) is 13.5. The van der Waals surface area contributed by atoms with Crippen LogP contribution in [-0.4, -0.2) is 46.7 Å². The summed E-state index contributed by atoms with van der Waals surface area (Å²) in [6.07, 6.45) is 5.68. The molecule has 3 rings (SSSR count). The summed E-state index contributed by atoms with van der Waals surface area (Å²) in [5.41, 5.74) is 0.804. The number of aromatic nitrogens is 3. The number of ether oxygens (including phenoxy) is 1. The van der Waals surface area contributed by atoms with Gasteiger partial charge in [0, 0.05) is 26.0 Å². The molecule has 1 N–H and O–H groups in total. The predicted octanol–water partition coefficient (Wildman–Crippen LogP) is 1.39. The first-order chi connectivity index (χ1) is 9.12. The minimum absolute atomic E-state index is 0.0793. The van der Waals surface area contributed by atoms with Crippen LogP contribution < -0.4 is 10.2 Å². The van der Waals surface area contributed by atoms with Crippen LogP contribution in [0.3, 0.4) is 0 Å². The van der Waals surface area contributed by atoms with Gasteiger partial charge in [-0.15, -0.1) is 0 Å². The molecular formula is C13H19N5O. The first kappa shape index (κ1) is 12.2. The second-order valence-electron chi connectivity index (χ2n) is 5.37. The van der Waals surface area contributed by atoms with Gasteiger partial charge in [-0.3, -0.25) is 0 Å². The lowest BCUT2D eigenvalue weighted by Gasteiger charge is -2.42. The second kappa shape index (κ2) is 4.38. The zero-order valence-electron chi connectivity index (χ0n) is 11.6. The summed E-state index contributed by atoms with van der Waals surface area (Å²) in [7, 11) is 1.87. The third-order valence-electron chi connectivity index (χ3n) is 3.51. The lowest BCUT2D eigenvalue weighted by molar-refractivity contribution is 0.0640. The van der Waals surface area contributed by atoms with Gasteiger partial charge in [-0.25, -0.2) is 9.97 Å². The van der Waals surface area contributed by atoms with E-state index in [2.05, 4.69) is 34.0 Å². The Balaban J connectivity index is 2.14. The average molecular weight is 261 g/mol. The highest BCUT2D eigenvalue weighted by atomic mass is 16.5. The number of hydrogen-bond donors (Lipinski definition) is 1. The molecule has 0 saturated carbocycles. The molecule has 2 aromatic heterocycles. The average Bonchev–Trinajstić information content (AvgIpc) is 2.85. The van der Waals surface area contributed by atoms with Crippen LogP contribution in [0.4, 0.5) is 11.6 Å².